The molecule has 0 heterocycles. The Morgan fingerprint density at radius 1 is 1.24 bits per heavy atom. The summed E-state index contributed by atoms with van der Waals surface area (Å²) in [7, 11) is 3.62. The first kappa shape index (κ1) is 14.0. The number of hydrogen-bond donors (Lipinski definition) is 2. The molecule has 0 saturated heterocycles. The molecule has 1 rings (SSSR count). The van der Waals surface area contributed by atoms with Gasteiger partial charge in [0.05, 0.1) is 13.2 Å². The molecule has 0 amide bonds. The molecule has 0 spiro atoms. The predicted octanol–water partition coefficient (Wildman–Crippen LogP) is 2.43. The smallest absolute Gasteiger partial charge is 0.123 e. The summed E-state index contributed by atoms with van der Waals surface area (Å²) in [5.41, 5.74) is 8.45. The number of likely N-dealkylation sites (N-methyl/N-ethyl adjacent to an activating group) is 1. The van der Waals surface area contributed by atoms with Crippen LogP contribution in [0.1, 0.15) is 43.9 Å². The van der Waals surface area contributed by atoms with E-state index < -0.39 is 0 Å². The molecule has 2 unspecified atom stereocenters. The van der Waals surface area contributed by atoms with Gasteiger partial charge in [-0.1, -0.05) is 26.0 Å². The molecule has 0 fully saturated rings. The second-order valence-corrected chi connectivity index (χ2v) is 4.78. The summed E-state index contributed by atoms with van der Waals surface area (Å²) in [6.07, 6.45) is 0. The predicted molar refractivity (Wildman–Crippen MR) is 72.5 cm³/mol. The highest BCUT2D eigenvalue weighted by Crippen LogP contribution is 2.30. The van der Waals surface area contributed by atoms with E-state index >= 15 is 0 Å². The van der Waals surface area contributed by atoms with Gasteiger partial charge < -0.3 is 15.8 Å². The van der Waals surface area contributed by atoms with E-state index in [9.17, 15) is 0 Å². The first-order valence-electron chi connectivity index (χ1n) is 6.12. The second kappa shape index (κ2) is 6.03. The van der Waals surface area contributed by atoms with Crippen molar-refractivity contribution in [1.29, 1.82) is 0 Å². The number of nitrogens with two attached hydrogens (primary N) is 1. The highest BCUT2D eigenvalue weighted by Gasteiger charge is 2.19. The lowest BCUT2D eigenvalue weighted by molar-refractivity contribution is 0.394. The Bertz CT molecular complexity index is 361. The van der Waals surface area contributed by atoms with Crippen molar-refractivity contribution < 1.29 is 4.74 Å². The van der Waals surface area contributed by atoms with Gasteiger partial charge in [0.25, 0.3) is 0 Å². The van der Waals surface area contributed by atoms with Gasteiger partial charge in [-0.2, -0.15) is 0 Å². The van der Waals surface area contributed by atoms with E-state index in [0.29, 0.717) is 5.92 Å². The van der Waals surface area contributed by atoms with Crippen LogP contribution < -0.4 is 15.8 Å². The molecule has 2 atom stereocenters. The second-order valence-electron chi connectivity index (χ2n) is 4.78. The molecule has 0 bridgehead atoms. The van der Waals surface area contributed by atoms with Crippen LogP contribution in [0, 0.1) is 0 Å². The maximum Gasteiger partial charge on any atom is 0.123 e. The van der Waals surface area contributed by atoms with E-state index in [-0.39, 0.29) is 12.1 Å². The van der Waals surface area contributed by atoms with Crippen molar-refractivity contribution in [3.8, 4) is 5.75 Å². The summed E-state index contributed by atoms with van der Waals surface area (Å²) >= 11 is 0. The highest BCUT2D eigenvalue weighted by molar-refractivity contribution is 5.41. The van der Waals surface area contributed by atoms with Crippen molar-refractivity contribution in [2.75, 3.05) is 14.2 Å². The van der Waals surface area contributed by atoms with Gasteiger partial charge in [-0.3, -0.25) is 0 Å². The maximum atomic E-state index is 6.01. The molecule has 0 radical (unpaired) electrons. The van der Waals surface area contributed by atoms with Gasteiger partial charge in [-0.25, -0.2) is 0 Å². The first-order valence-corrected chi connectivity index (χ1v) is 6.12. The molecule has 1 aromatic rings. The van der Waals surface area contributed by atoms with E-state index in [2.05, 4.69) is 31.3 Å². The van der Waals surface area contributed by atoms with E-state index in [4.69, 9.17) is 10.5 Å². The van der Waals surface area contributed by atoms with Crippen LogP contribution in [-0.2, 0) is 0 Å². The van der Waals surface area contributed by atoms with Crippen molar-refractivity contribution in [3.63, 3.8) is 0 Å². The zero-order valence-electron chi connectivity index (χ0n) is 11.4. The van der Waals surface area contributed by atoms with E-state index in [1.54, 1.807) is 7.11 Å². The first-order chi connectivity index (χ1) is 8.01. The molecule has 0 aliphatic carbocycles. The Balaban J connectivity index is 3.21. The SMILES string of the molecule is CNC(c1cc(C(C)C)ccc1OC)C(C)N. The number of nitrogens with one attached hydrogen (secondary N) is 1. The Morgan fingerprint density at radius 2 is 1.88 bits per heavy atom. The molecule has 17 heavy (non-hydrogen) atoms. The lowest BCUT2D eigenvalue weighted by atomic mass is 9.94. The van der Waals surface area contributed by atoms with Crippen molar-refractivity contribution in [2.45, 2.75) is 38.8 Å². The number of methoxy groups -OCH3 is 1. The Morgan fingerprint density at radius 3 is 2.29 bits per heavy atom. The van der Waals surface area contributed by atoms with Crippen LogP contribution in [0.4, 0.5) is 0 Å². The topological polar surface area (TPSA) is 47.3 Å². The minimum atomic E-state index is 0.0383. The minimum absolute atomic E-state index is 0.0383. The molecule has 3 N–H and O–H groups in total. The van der Waals surface area contributed by atoms with Crippen LogP contribution in [0.3, 0.4) is 0 Å². The van der Waals surface area contributed by atoms with Gasteiger partial charge in [-0.15, -0.1) is 0 Å². The molecule has 3 nitrogen and oxygen atoms in total. The van der Waals surface area contributed by atoms with Gasteiger partial charge in [0.1, 0.15) is 5.75 Å². The molecule has 0 saturated carbocycles. The summed E-state index contributed by atoms with van der Waals surface area (Å²) in [6.45, 7) is 6.38. The minimum Gasteiger partial charge on any atom is -0.496 e. The molecule has 0 aliphatic rings. The van der Waals surface area contributed by atoms with E-state index in [1.807, 2.05) is 20.0 Å². The number of ether oxygens (including phenoxy) is 1. The Labute approximate surface area is 104 Å². The number of hydrogen-bond acceptors (Lipinski definition) is 3. The monoisotopic (exact) mass is 236 g/mol. The van der Waals surface area contributed by atoms with Crippen molar-refractivity contribution >= 4 is 0 Å². The standard InChI is InChI=1S/C14H24N2O/c1-9(2)11-6-7-13(17-5)12(8-11)14(16-4)10(3)15/h6-10,14,16H,15H2,1-5H3. The van der Waals surface area contributed by atoms with Gasteiger partial charge >= 0.3 is 0 Å². The maximum absolute atomic E-state index is 6.01. The Hall–Kier alpha value is -1.06. The fourth-order valence-corrected chi connectivity index (χ4v) is 2.06. The largest absolute Gasteiger partial charge is 0.496 e. The van der Waals surface area contributed by atoms with Crippen LogP contribution in [0.15, 0.2) is 18.2 Å². The summed E-state index contributed by atoms with van der Waals surface area (Å²) in [6, 6.07) is 6.48. The summed E-state index contributed by atoms with van der Waals surface area (Å²) < 4.78 is 5.42. The van der Waals surface area contributed by atoms with Gasteiger partial charge in [0.2, 0.25) is 0 Å². The molecule has 0 aromatic heterocycles. The normalized spacial score (nSPS) is 14.8. The summed E-state index contributed by atoms with van der Waals surface area (Å²) in [5, 5.41) is 3.25. The zero-order valence-corrected chi connectivity index (χ0v) is 11.4. The third-order valence-electron chi connectivity index (χ3n) is 3.09. The molecular formula is C14H24N2O. The van der Waals surface area contributed by atoms with Gasteiger partial charge in [0, 0.05) is 11.6 Å². The lowest BCUT2D eigenvalue weighted by Crippen LogP contribution is -2.34. The van der Waals surface area contributed by atoms with Gasteiger partial charge in [-0.05, 0) is 31.5 Å². The molecular weight excluding hydrogens is 212 g/mol. The average molecular weight is 236 g/mol. The van der Waals surface area contributed by atoms with Crippen molar-refractivity contribution in [1.82, 2.24) is 5.32 Å². The van der Waals surface area contributed by atoms with Crippen LogP contribution in [0.2, 0.25) is 0 Å². The molecule has 1 aromatic carbocycles. The third-order valence-corrected chi connectivity index (χ3v) is 3.09. The van der Waals surface area contributed by atoms with Crippen molar-refractivity contribution in [3.05, 3.63) is 29.3 Å². The van der Waals surface area contributed by atoms with Gasteiger partial charge in [0.15, 0.2) is 0 Å². The third kappa shape index (κ3) is 3.20. The molecule has 96 valence electrons. The van der Waals surface area contributed by atoms with Crippen LogP contribution in [0.25, 0.3) is 0 Å². The number of rotatable bonds is 5. The average Bonchev–Trinajstić information content (AvgIpc) is 2.29. The Kier molecular flexibility index (Phi) is 4.97. The fourth-order valence-electron chi connectivity index (χ4n) is 2.06. The summed E-state index contributed by atoms with van der Waals surface area (Å²) in [5.74, 6) is 1.40. The van der Waals surface area contributed by atoms with Crippen LogP contribution >= 0.6 is 0 Å². The van der Waals surface area contributed by atoms with Crippen LogP contribution in [0.5, 0.6) is 5.75 Å². The highest BCUT2D eigenvalue weighted by atomic mass is 16.5. The summed E-state index contributed by atoms with van der Waals surface area (Å²) in [4.78, 5) is 0. The fraction of sp³-hybridized carbons (Fsp3) is 0.571. The van der Waals surface area contributed by atoms with E-state index in [0.717, 1.165) is 11.3 Å². The quantitative estimate of drug-likeness (QED) is 0.825. The zero-order chi connectivity index (χ0) is 13.0. The molecule has 3 heteroatoms. The van der Waals surface area contributed by atoms with Crippen molar-refractivity contribution in [2.24, 2.45) is 5.73 Å². The van der Waals surface area contributed by atoms with E-state index in [1.165, 1.54) is 5.56 Å². The lowest BCUT2D eigenvalue weighted by Gasteiger charge is -2.24. The number of benzene rings is 1. The molecule has 0 aliphatic heterocycles. The van der Waals surface area contributed by atoms with Crippen LogP contribution in [-0.4, -0.2) is 20.2 Å².